The Morgan fingerprint density at radius 2 is 2.40 bits per heavy atom. The number of thioether (sulfide) groups is 1. The highest BCUT2D eigenvalue weighted by Crippen LogP contribution is 2.18. The van der Waals surface area contributed by atoms with Crippen LogP contribution in [0.5, 0.6) is 0 Å². The molecule has 0 saturated heterocycles. The number of rotatable bonds is 7. The van der Waals surface area contributed by atoms with Crippen LogP contribution in [-0.2, 0) is 6.54 Å². The largest absolute Gasteiger partial charge is 0.309 e. The maximum atomic E-state index is 5.86. The van der Waals surface area contributed by atoms with Crippen LogP contribution in [-0.4, -0.2) is 17.5 Å². The predicted molar refractivity (Wildman–Crippen MR) is 73.2 cm³/mol. The van der Waals surface area contributed by atoms with Crippen molar-refractivity contribution in [1.29, 1.82) is 0 Å². The third-order valence-corrected chi connectivity index (χ3v) is 4.36. The molecule has 15 heavy (non-hydrogen) atoms. The fourth-order valence-electron chi connectivity index (χ4n) is 1.23. The van der Waals surface area contributed by atoms with E-state index in [0.29, 0.717) is 6.04 Å². The lowest BCUT2D eigenvalue weighted by molar-refractivity contribution is 0.540. The molecule has 0 radical (unpaired) electrons. The fraction of sp³-hybridized carbons (Fsp3) is 0.636. The second-order valence-corrected chi connectivity index (χ2v) is 6.32. The van der Waals surface area contributed by atoms with Crippen molar-refractivity contribution in [3.8, 4) is 0 Å². The zero-order valence-corrected chi connectivity index (χ0v) is 11.6. The SMILES string of the molecule is CCSCCC(C)NCc1cc(Cl)cs1. The highest BCUT2D eigenvalue weighted by Gasteiger charge is 2.02. The van der Waals surface area contributed by atoms with Crippen molar-refractivity contribution < 1.29 is 0 Å². The summed E-state index contributed by atoms with van der Waals surface area (Å²) in [6, 6.07) is 2.62. The molecule has 0 aliphatic heterocycles. The van der Waals surface area contributed by atoms with Gasteiger partial charge in [-0.15, -0.1) is 11.3 Å². The van der Waals surface area contributed by atoms with E-state index in [9.17, 15) is 0 Å². The summed E-state index contributed by atoms with van der Waals surface area (Å²) >= 11 is 9.58. The maximum absolute atomic E-state index is 5.86. The molecule has 0 bridgehead atoms. The van der Waals surface area contributed by atoms with Crippen molar-refractivity contribution in [3.05, 3.63) is 21.3 Å². The molecule has 0 fully saturated rings. The van der Waals surface area contributed by atoms with Gasteiger partial charge in [-0.2, -0.15) is 11.8 Å². The number of nitrogens with one attached hydrogen (secondary N) is 1. The van der Waals surface area contributed by atoms with Gasteiger partial charge >= 0.3 is 0 Å². The molecule has 1 nitrogen and oxygen atoms in total. The van der Waals surface area contributed by atoms with Crippen molar-refractivity contribution >= 4 is 34.7 Å². The van der Waals surface area contributed by atoms with Crippen LogP contribution in [0, 0.1) is 0 Å². The van der Waals surface area contributed by atoms with Gasteiger partial charge in [0.25, 0.3) is 0 Å². The van der Waals surface area contributed by atoms with E-state index >= 15 is 0 Å². The summed E-state index contributed by atoms with van der Waals surface area (Å²) in [5.41, 5.74) is 0. The lowest BCUT2D eigenvalue weighted by Crippen LogP contribution is -2.25. The van der Waals surface area contributed by atoms with E-state index < -0.39 is 0 Å². The van der Waals surface area contributed by atoms with Crippen molar-refractivity contribution in [1.82, 2.24) is 5.32 Å². The average Bonchev–Trinajstić information content (AvgIpc) is 2.62. The van der Waals surface area contributed by atoms with E-state index in [2.05, 4.69) is 19.2 Å². The lowest BCUT2D eigenvalue weighted by atomic mass is 10.2. The van der Waals surface area contributed by atoms with Crippen molar-refractivity contribution in [2.45, 2.75) is 32.9 Å². The first-order chi connectivity index (χ1) is 7.22. The topological polar surface area (TPSA) is 12.0 Å². The van der Waals surface area contributed by atoms with E-state index in [1.807, 2.05) is 23.2 Å². The Bertz CT molecular complexity index is 275. The summed E-state index contributed by atoms with van der Waals surface area (Å²) < 4.78 is 0. The molecule has 0 aliphatic carbocycles. The van der Waals surface area contributed by atoms with Gasteiger partial charge in [0, 0.05) is 22.8 Å². The molecule has 0 spiro atoms. The van der Waals surface area contributed by atoms with E-state index in [4.69, 9.17) is 11.6 Å². The molecule has 0 aromatic carbocycles. The summed E-state index contributed by atoms with van der Waals surface area (Å²) in [6.45, 7) is 5.39. The molecule has 86 valence electrons. The van der Waals surface area contributed by atoms with E-state index in [1.165, 1.54) is 22.8 Å². The molecule has 0 saturated carbocycles. The van der Waals surface area contributed by atoms with Gasteiger partial charge in [0.1, 0.15) is 0 Å². The van der Waals surface area contributed by atoms with Gasteiger partial charge in [-0.05, 0) is 30.9 Å². The smallest absolute Gasteiger partial charge is 0.0516 e. The van der Waals surface area contributed by atoms with Gasteiger partial charge in [-0.1, -0.05) is 18.5 Å². The molecule has 1 N–H and O–H groups in total. The summed E-state index contributed by atoms with van der Waals surface area (Å²) in [7, 11) is 0. The van der Waals surface area contributed by atoms with Crippen LogP contribution in [0.4, 0.5) is 0 Å². The molecular weight excluding hydrogens is 246 g/mol. The van der Waals surface area contributed by atoms with Gasteiger partial charge < -0.3 is 5.32 Å². The Morgan fingerprint density at radius 1 is 1.60 bits per heavy atom. The van der Waals surface area contributed by atoms with Gasteiger partial charge in [-0.25, -0.2) is 0 Å². The molecule has 0 aliphatic rings. The zero-order chi connectivity index (χ0) is 11.1. The minimum absolute atomic E-state index is 0.588. The standard InChI is InChI=1S/C11H18ClNS2/c1-3-14-5-4-9(2)13-7-11-6-10(12)8-15-11/h6,8-9,13H,3-5,7H2,1-2H3. The molecule has 1 atom stereocenters. The second-order valence-electron chi connectivity index (χ2n) is 3.50. The molecule has 0 amide bonds. The molecule has 1 rings (SSSR count). The molecule has 1 heterocycles. The van der Waals surface area contributed by atoms with Gasteiger partial charge in [0.05, 0.1) is 5.02 Å². The van der Waals surface area contributed by atoms with E-state index in [-0.39, 0.29) is 0 Å². The van der Waals surface area contributed by atoms with Crippen LogP contribution in [0.1, 0.15) is 25.1 Å². The number of thiophene rings is 1. The fourth-order valence-corrected chi connectivity index (χ4v) is 3.06. The van der Waals surface area contributed by atoms with Crippen molar-refractivity contribution in [2.75, 3.05) is 11.5 Å². The van der Waals surface area contributed by atoms with Crippen LogP contribution in [0.3, 0.4) is 0 Å². The Morgan fingerprint density at radius 3 is 3.00 bits per heavy atom. The van der Waals surface area contributed by atoms with Crippen molar-refractivity contribution in [2.24, 2.45) is 0 Å². The van der Waals surface area contributed by atoms with Gasteiger partial charge in [0.2, 0.25) is 0 Å². The third-order valence-electron chi connectivity index (χ3n) is 2.15. The van der Waals surface area contributed by atoms with Crippen LogP contribution >= 0.6 is 34.7 Å². The summed E-state index contributed by atoms with van der Waals surface area (Å²) in [5, 5.41) is 6.34. The number of halogens is 1. The zero-order valence-electron chi connectivity index (χ0n) is 9.25. The minimum atomic E-state index is 0.588. The van der Waals surface area contributed by atoms with Gasteiger partial charge in [0.15, 0.2) is 0 Å². The van der Waals surface area contributed by atoms with Gasteiger partial charge in [-0.3, -0.25) is 0 Å². The molecule has 1 aromatic rings. The minimum Gasteiger partial charge on any atom is -0.309 e. The lowest BCUT2D eigenvalue weighted by Gasteiger charge is -2.12. The third kappa shape index (κ3) is 5.81. The molecule has 1 aromatic heterocycles. The summed E-state index contributed by atoms with van der Waals surface area (Å²) in [6.07, 6.45) is 1.23. The number of hydrogen-bond acceptors (Lipinski definition) is 3. The van der Waals surface area contributed by atoms with E-state index in [1.54, 1.807) is 11.3 Å². The van der Waals surface area contributed by atoms with Crippen LogP contribution in [0.15, 0.2) is 11.4 Å². The molecule has 1 unspecified atom stereocenters. The highest BCUT2D eigenvalue weighted by molar-refractivity contribution is 7.99. The quantitative estimate of drug-likeness (QED) is 0.746. The predicted octanol–water partition coefficient (Wildman–Crippen LogP) is 4.02. The summed E-state index contributed by atoms with van der Waals surface area (Å²) in [4.78, 5) is 1.31. The maximum Gasteiger partial charge on any atom is 0.0516 e. The normalized spacial score (nSPS) is 13.0. The Labute approximate surface area is 106 Å². The first-order valence-electron chi connectivity index (χ1n) is 5.26. The first kappa shape index (κ1) is 13.4. The Hall–Kier alpha value is 0.300. The average molecular weight is 264 g/mol. The van der Waals surface area contributed by atoms with Crippen molar-refractivity contribution in [3.63, 3.8) is 0 Å². The monoisotopic (exact) mass is 263 g/mol. The summed E-state index contributed by atoms with van der Waals surface area (Å²) in [5.74, 6) is 2.46. The number of hydrogen-bond donors (Lipinski definition) is 1. The first-order valence-corrected chi connectivity index (χ1v) is 7.67. The molecule has 4 heteroatoms. The Balaban J connectivity index is 2.13. The highest BCUT2D eigenvalue weighted by atomic mass is 35.5. The second kappa shape index (κ2) is 7.55. The van der Waals surface area contributed by atoms with Crippen LogP contribution in [0.2, 0.25) is 5.02 Å². The van der Waals surface area contributed by atoms with E-state index in [0.717, 1.165) is 11.6 Å². The van der Waals surface area contributed by atoms with Crippen LogP contribution in [0.25, 0.3) is 0 Å². The Kier molecular flexibility index (Phi) is 6.73. The molecular formula is C11H18ClNS2. The van der Waals surface area contributed by atoms with Crippen LogP contribution < -0.4 is 5.32 Å².